The van der Waals surface area contributed by atoms with E-state index in [1.807, 2.05) is 29.7 Å². The Morgan fingerprint density at radius 2 is 1.77 bits per heavy atom. The molecule has 1 aliphatic heterocycles. The molecular formula is C25H29N5O5. The van der Waals surface area contributed by atoms with Crippen molar-refractivity contribution in [3.8, 4) is 28.6 Å². The van der Waals surface area contributed by atoms with E-state index in [1.54, 1.807) is 19.1 Å². The van der Waals surface area contributed by atoms with Crippen molar-refractivity contribution >= 4 is 5.91 Å². The first kappa shape index (κ1) is 23.1. The summed E-state index contributed by atoms with van der Waals surface area (Å²) in [6, 6.07) is 5.56. The molecule has 3 heterocycles. The monoisotopic (exact) mass is 479 g/mol. The lowest BCUT2D eigenvalue weighted by molar-refractivity contribution is -0.128. The number of hydrogen-bond acceptors (Lipinski definition) is 8. The molecule has 2 aliphatic rings. The number of ether oxygens (including phenoxy) is 2. The van der Waals surface area contributed by atoms with Crippen LogP contribution in [0.15, 0.2) is 27.4 Å². The van der Waals surface area contributed by atoms with Crippen LogP contribution in [0.3, 0.4) is 0 Å². The van der Waals surface area contributed by atoms with Crippen LogP contribution in [-0.4, -0.2) is 51.3 Å². The Bertz CT molecular complexity index is 1290. The van der Waals surface area contributed by atoms with Crippen molar-refractivity contribution in [1.82, 2.24) is 24.6 Å². The van der Waals surface area contributed by atoms with Crippen LogP contribution in [-0.2, 0) is 11.3 Å². The Morgan fingerprint density at radius 1 is 1.06 bits per heavy atom. The number of carbonyl (C=O) groups is 1. The molecule has 184 valence electrons. The SMILES string of the molecule is COc1cccc(OC)c1-n1c(C2CCCC2)nc(=O)c(-c2nnc(CN3CCCC3=O)o2)c1C. The van der Waals surface area contributed by atoms with Crippen molar-refractivity contribution in [1.29, 1.82) is 0 Å². The largest absolute Gasteiger partial charge is 0.494 e. The predicted molar refractivity (Wildman–Crippen MR) is 127 cm³/mol. The van der Waals surface area contributed by atoms with E-state index >= 15 is 0 Å². The molecule has 1 aromatic carbocycles. The molecule has 1 amide bonds. The van der Waals surface area contributed by atoms with Crippen molar-refractivity contribution in [3.05, 3.63) is 46.0 Å². The van der Waals surface area contributed by atoms with Gasteiger partial charge >= 0.3 is 0 Å². The van der Waals surface area contributed by atoms with Crippen molar-refractivity contribution in [3.63, 3.8) is 0 Å². The van der Waals surface area contributed by atoms with Gasteiger partial charge in [0.25, 0.3) is 11.4 Å². The Morgan fingerprint density at radius 3 is 2.40 bits per heavy atom. The Labute approximate surface area is 202 Å². The van der Waals surface area contributed by atoms with Gasteiger partial charge in [0.15, 0.2) is 0 Å². The Kier molecular flexibility index (Phi) is 6.27. The molecule has 2 fully saturated rings. The van der Waals surface area contributed by atoms with E-state index in [4.69, 9.17) is 13.9 Å². The number of hydrogen-bond donors (Lipinski definition) is 0. The summed E-state index contributed by atoms with van der Waals surface area (Å²) in [7, 11) is 3.20. The minimum Gasteiger partial charge on any atom is -0.494 e. The van der Waals surface area contributed by atoms with E-state index < -0.39 is 5.56 Å². The van der Waals surface area contributed by atoms with Crippen LogP contribution in [0, 0.1) is 6.92 Å². The molecule has 10 nitrogen and oxygen atoms in total. The number of nitrogens with zero attached hydrogens (tertiary/aromatic N) is 5. The van der Waals surface area contributed by atoms with Gasteiger partial charge in [0.2, 0.25) is 11.8 Å². The van der Waals surface area contributed by atoms with Gasteiger partial charge in [-0.2, -0.15) is 4.98 Å². The second kappa shape index (κ2) is 9.52. The van der Waals surface area contributed by atoms with Gasteiger partial charge < -0.3 is 18.8 Å². The average Bonchev–Trinajstić information content (AvgIpc) is 3.62. The number of para-hydroxylation sites is 1. The normalized spacial score (nSPS) is 16.3. The molecule has 0 N–H and O–H groups in total. The fraction of sp³-hybridized carbons (Fsp3) is 0.480. The summed E-state index contributed by atoms with van der Waals surface area (Å²) in [4.78, 5) is 31.6. The first-order valence-electron chi connectivity index (χ1n) is 12.0. The maximum atomic E-state index is 13.3. The zero-order valence-electron chi connectivity index (χ0n) is 20.2. The standard InChI is InChI=1S/C25H29N5O5/c1-15-21(25-28-27-19(35-25)14-29-13-7-12-20(29)31)24(32)26-23(16-8-4-5-9-16)30(15)22-17(33-2)10-6-11-18(22)34-3/h6,10-11,16H,4-5,7-9,12-14H2,1-3H3. The lowest BCUT2D eigenvalue weighted by atomic mass is 10.0. The van der Waals surface area contributed by atoms with E-state index in [9.17, 15) is 9.59 Å². The molecule has 35 heavy (non-hydrogen) atoms. The molecule has 1 saturated heterocycles. The molecule has 0 spiro atoms. The van der Waals surface area contributed by atoms with Crippen LogP contribution in [0.5, 0.6) is 11.5 Å². The summed E-state index contributed by atoms with van der Waals surface area (Å²) < 4.78 is 19.2. The third-order valence-electron chi connectivity index (χ3n) is 6.88. The molecular weight excluding hydrogens is 450 g/mol. The summed E-state index contributed by atoms with van der Waals surface area (Å²) in [6.07, 6.45) is 5.43. The molecule has 0 unspecified atom stereocenters. The minimum atomic E-state index is -0.415. The molecule has 3 aromatic rings. The van der Waals surface area contributed by atoms with Gasteiger partial charge in [-0.15, -0.1) is 10.2 Å². The van der Waals surface area contributed by atoms with Gasteiger partial charge in [-0.25, -0.2) is 0 Å². The summed E-state index contributed by atoms with van der Waals surface area (Å²) in [6.45, 7) is 2.73. The van der Waals surface area contributed by atoms with Gasteiger partial charge in [-0.1, -0.05) is 18.9 Å². The van der Waals surface area contributed by atoms with Gasteiger partial charge in [-0.3, -0.25) is 14.2 Å². The van der Waals surface area contributed by atoms with E-state index in [-0.39, 0.29) is 35.7 Å². The van der Waals surface area contributed by atoms with Gasteiger partial charge in [0.05, 0.1) is 20.8 Å². The van der Waals surface area contributed by atoms with Crippen LogP contribution in [0.2, 0.25) is 0 Å². The number of benzene rings is 1. The van der Waals surface area contributed by atoms with Gasteiger partial charge in [-0.05, 0) is 38.3 Å². The summed E-state index contributed by atoms with van der Waals surface area (Å²) >= 11 is 0. The fourth-order valence-corrected chi connectivity index (χ4v) is 5.14. The smallest absolute Gasteiger partial charge is 0.286 e. The molecule has 10 heteroatoms. The maximum Gasteiger partial charge on any atom is 0.286 e. The highest BCUT2D eigenvalue weighted by molar-refractivity contribution is 5.77. The highest BCUT2D eigenvalue weighted by Gasteiger charge is 2.30. The van der Waals surface area contributed by atoms with Gasteiger partial charge in [0.1, 0.15) is 28.6 Å². The second-order valence-corrected chi connectivity index (χ2v) is 8.98. The highest BCUT2D eigenvalue weighted by atomic mass is 16.5. The number of methoxy groups -OCH3 is 2. The average molecular weight is 480 g/mol. The van der Waals surface area contributed by atoms with Crippen LogP contribution in [0.1, 0.15) is 61.9 Å². The first-order chi connectivity index (χ1) is 17.0. The summed E-state index contributed by atoms with van der Waals surface area (Å²) in [5, 5.41) is 8.26. The number of likely N-dealkylation sites (tertiary alicyclic amines) is 1. The number of carbonyl (C=O) groups excluding carboxylic acids is 1. The van der Waals surface area contributed by atoms with Crippen molar-refractivity contribution < 1.29 is 18.7 Å². The first-order valence-corrected chi connectivity index (χ1v) is 12.0. The molecule has 0 bridgehead atoms. The summed E-state index contributed by atoms with van der Waals surface area (Å²) in [5.74, 6) is 2.46. The third-order valence-corrected chi connectivity index (χ3v) is 6.88. The molecule has 1 aliphatic carbocycles. The van der Waals surface area contributed by atoms with E-state index in [1.165, 1.54) is 0 Å². The number of aromatic nitrogens is 4. The molecule has 5 rings (SSSR count). The zero-order chi connectivity index (χ0) is 24.5. The van der Waals surface area contributed by atoms with Crippen LogP contribution < -0.4 is 15.0 Å². The highest BCUT2D eigenvalue weighted by Crippen LogP contribution is 2.40. The molecule has 0 atom stereocenters. The van der Waals surface area contributed by atoms with E-state index in [2.05, 4.69) is 15.2 Å². The van der Waals surface area contributed by atoms with E-state index in [0.29, 0.717) is 41.7 Å². The maximum absolute atomic E-state index is 13.3. The minimum absolute atomic E-state index is 0.0640. The quantitative estimate of drug-likeness (QED) is 0.507. The summed E-state index contributed by atoms with van der Waals surface area (Å²) in [5.41, 5.74) is 1.10. The van der Waals surface area contributed by atoms with Crippen LogP contribution in [0.4, 0.5) is 0 Å². The van der Waals surface area contributed by atoms with Crippen molar-refractivity contribution in [2.75, 3.05) is 20.8 Å². The Hall–Kier alpha value is -3.69. The number of amides is 1. The zero-order valence-corrected chi connectivity index (χ0v) is 20.2. The molecule has 1 saturated carbocycles. The molecule has 0 radical (unpaired) electrons. The lowest BCUT2D eigenvalue weighted by Crippen LogP contribution is -2.24. The molecule has 2 aromatic heterocycles. The third kappa shape index (κ3) is 4.17. The Balaban J connectivity index is 1.67. The number of rotatable bonds is 7. The van der Waals surface area contributed by atoms with Crippen LogP contribution >= 0.6 is 0 Å². The topological polar surface area (TPSA) is 113 Å². The van der Waals surface area contributed by atoms with Crippen molar-refractivity contribution in [2.45, 2.75) is 57.9 Å². The van der Waals surface area contributed by atoms with E-state index in [0.717, 1.165) is 32.1 Å². The van der Waals surface area contributed by atoms with Crippen LogP contribution in [0.25, 0.3) is 17.1 Å². The lowest BCUT2D eigenvalue weighted by Gasteiger charge is -2.24. The van der Waals surface area contributed by atoms with Gasteiger partial charge in [0, 0.05) is 24.6 Å². The van der Waals surface area contributed by atoms with Crippen molar-refractivity contribution in [2.24, 2.45) is 0 Å². The predicted octanol–water partition coefficient (Wildman–Crippen LogP) is 3.39. The fourth-order valence-electron chi connectivity index (χ4n) is 5.14. The second-order valence-electron chi connectivity index (χ2n) is 8.98.